The number of rotatable bonds is 6. The predicted octanol–water partition coefficient (Wildman–Crippen LogP) is 1.74. The van der Waals surface area contributed by atoms with Gasteiger partial charge in [0.2, 0.25) is 0 Å². The van der Waals surface area contributed by atoms with Crippen LogP contribution in [0.2, 0.25) is 5.02 Å². The molecule has 0 fully saturated rings. The SMILES string of the molecule is CCOC(=O)CN(C)C(=O)COc1cccc(Cl)c1. The van der Waals surface area contributed by atoms with E-state index in [1.54, 1.807) is 31.2 Å². The predicted molar refractivity (Wildman–Crippen MR) is 71.2 cm³/mol. The van der Waals surface area contributed by atoms with Crippen molar-refractivity contribution in [3.8, 4) is 5.75 Å². The van der Waals surface area contributed by atoms with Crippen molar-refractivity contribution < 1.29 is 19.1 Å². The van der Waals surface area contributed by atoms with Crippen molar-refractivity contribution in [2.45, 2.75) is 6.92 Å². The molecule has 1 rings (SSSR count). The number of carbonyl (C=O) groups excluding carboxylic acids is 2. The van der Waals surface area contributed by atoms with E-state index in [0.29, 0.717) is 17.4 Å². The highest BCUT2D eigenvalue weighted by molar-refractivity contribution is 6.30. The molecule has 0 bridgehead atoms. The highest BCUT2D eigenvalue weighted by Gasteiger charge is 2.14. The van der Waals surface area contributed by atoms with Crippen molar-refractivity contribution in [1.82, 2.24) is 4.90 Å². The molecule has 0 saturated heterocycles. The van der Waals surface area contributed by atoms with E-state index in [2.05, 4.69) is 0 Å². The summed E-state index contributed by atoms with van der Waals surface area (Å²) >= 11 is 5.79. The fraction of sp³-hybridized carbons (Fsp3) is 0.385. The van der Waals surface area contributed by atoms with Crippen molar-refractivity contribution in [1.29, 1.82) is 0 Å². The quantitative estimate of drug-likeness (QED) is 0.747. The van der Waals surface area contributed by atoms with E-state index in [1.807, 2.05) is 0 Å². The van der Waals surface area contributed by atoms with Crippen LogP contribution in [0, 0.1) is 0 Å². The first-order chi connectivity index (χ1) is 9.02. The van der Waals surface area contributed by atoms with Crippen LogP contribution < -0.4 is 4.74 Å². The molecular weight excluding hydrogens is 270 g/mol. The number of nitrogens with zero attached hydrogens (tertiary/aromatic N) is 1. The Morgan fingerprint density at radius 2 is 2.11 bits per heavy atom. The number of benzene rings is 1. The number of amides is 1. The molecule has 6 heteroatoms. The van der Waals surface area contributed by atoms with Gasteiger partial charge in [-0.3, -0.25) is 9.59 Å². The molecule has 0 atom stereocenters. The van der Waals surface area contributed by atoms with E-state index in [0.717, 1.165) is 0 Å². The monoisotopic (exact) mass is 285 g/mol. The van der Waals surface area contributed by atoms with E-state index in [4.69, 9.17) is 21.1 Å². The molecule has 0 aliphatic rings. The zero-order valence-electron chi connectivity index (χ0n) is 10.9. The van der Waals surface area contributed by atoms with Gasteiger partial charge in [-0.25, -0.2) is 0 Å². The van der Waals surface area contributed by atoms with Gasteiger partial charge in [-0.05, 0) is 25.1 Å². The molecule has 0 N–H and O–H groups in total. The summed E-state index contributed by atoms with van der Waals surface area (Å²) in [5.41, 5.74) is 0. The van der Waals surface area contributed by atoms with Crippen molar-refractivity contribution in [3.63, 3.8) is 0 Å². The van der Waals surface area contributed by atoms with Gasteiger partial charge in [-0.2, -0.15) is 0 Å². The lowest BCUT2D eigenvalue weighted by atomic mass is 10.3. The summed E-state index contributed by atoms with van der Waals surface area (Å²) in [4.78, 5) is 24.2. The zero-order chi connectivity index (χ0) is 14.3. The number of esters is 1. The molecule has 0 heterocycles. The number of halogens is 1. The highest BCUT2D eigenvalue weighted by atomic mass is 35.5. The zero-order valence-corrected chi connectivity index (χ0v) is 11.6. The van der Waals surface area contributed by atoms with Gasteiger partial charge in [0.15, 0.2) is 6.61 Å². The highest BCUT2D eigenvalue weighted by Crippen LogP contribution is 2.16. The lowest BCUT2D eigenvalue weighted by Gasteiger charge is -2.16. The Morgan fingerprint density at radius 1 is 1.37 bits per heavy atom. The van der Waals surface area contributed by atoms with Crippen LogP contribution in [0.15, 0.2) is 24.3 Å². The number of carbonyl (C=O) groups is 2. The Balaban J connectivity index is 2.40. The molecule has 1 aromatic rings. The van der Waals surface area contributed by atoms with Crippen LogP contribution in [0.25, 0.3) is 0 Å². The van der Waals surface area contributed by atoms with Crippen LogP contribution in [0.3, 0.4) is 0 Å². The molecule has 0 aromatic heterocycles. The van der Waals surface area contributed by atoms with E-state index in [1.165, 1.54) is 11.9 Å². The first-order valence-electron chi connectivity index (χ1n) is 5.81. The summed E-state index contributed by atoms with van der Waals surface area (Å²) < 4.78 is 10.0. The molecule has 0 aliphatic carbocycles. The van der Waals surface area contributed by atoms with Gasteiger partial charge in [0, 0.05) is 12.1 Å². The van der Waals surface area contributed by atoms with Crippen molar-refractivity contribution in [2.24, 2.45) is 0 Å². The topological polar surface area (TPSA) is 55.8 Å². The van der Waals surface area contributed by atoms with Crippen LogP contribution in [0.4, 0.5) is 0 Å². The maximum absolute atomic E-state index is 11.7. The third-order valence-electron chi connectivity index (χ3n) is 2.26. The first-order valence-corrected chi connectivity index (χ1v) is 6.18. The number of hydrogen-bond donors (Lipinski definition) is 0. The number of hydrogen-bond acceptors (Lipinski definition) is 4. The fourth-order valence-corrected chi connectivity index (χ4v) is 1.48. The molecule has 1 amide bonds. The van der Waals surface area contributed by atoms with Crippen LogP contribution in [0.1, 0.15) is 6.92 Å². The largest absolute Gasteiger partial charge is 0.484 e. The molecule has 5 nitrogen and oxygen atoms in total. The fourth-order valence-electron chi connectivity index (χ4n) is 1.30. The average Bonchev–Trinajstić information content (AvgIpc) is 2.36. The van der Waals surface area contributed by atoms with Gasteiger partial charge >= 0.3 is 5.97 Å². The smallest absolute Gasteiger partial charge is 0.325 e. The van der Waals surface area contributed by atoms with Crippen LogP contribution in [-0.2, 0) is 14.3 Å². The summed E-state index contributed by atoms with van der Waals surface area (Å²) in [5.74, 6) is -0.250. The van der Waals surface area contributed by atoms with Gasteiger partial charge in [-0.1, -0.05) is 17.7 Å². The van der Waals surface area contributed by atoms with Crippen LogP contribution in [0.5, 0.6) is 5.75 Å². The minimum absolute atomic E-state index is 0.0917. The van der Waals surface area contributed by atoms with E-state index in [9.17, 15) is 9.59 Å². The van der Waals surface area contributed by atoms with Gasteiger partial charge in [0.1, 0.15) is 12.3 Å². The Labute approximate surface area is 117 Å². The number of likely N-dealkylation sites (N-methyl/N-ethyl adjacent to an activating group) is 1. The molecule has 1 aromatic carbocycles. The van der Waals surface area contributed by atoms with Gasteiger partial charge in [-0.15, -0.1) is 0 Å². The number of ether oxygens (including phenoxy) is 2. The van der Waals surface area contributed by atoms with Gasteiger partial charge < -0.3 is 14.4 Å². The molecule has 0 aliphatic heterocycles. The third kappa shape index (κ3) is 5.61. The second-order valence-electron chi connectivity index (χ2n) is 3.80. The lowest BCUT2D eigenvalue weighted by molar-refractivity contribution is -0.148. The van der Waals surface area contributed by atoms with Crippen molar-refractivity contribution in [3.05, 3.63) is 29.3 Å². The molecule has 0 unspecified atom stereocenters. The van der Waals surface area contributed by atoms with E-state index in [-0.39, 0.29) is 19.1 Å². The summed E-state index contributed by atoms with van der Waals surface area (Å²) in [7, 11) is 1.51. The third-order valence-corrected chi connectivity index (χ3v) is 2.49. The maximum atomic E-state index is 11.7. The van der Waals surface area contributed by atoms with Crippen LogP contribution in [-0.4, -0.2) is 43.6 Å². The van der Waals surface area contributed by atoms with E-state index >= 15 is 0 Å². The second-order valence-corrected chi connectivity index (χ2v) is 4.24. The summed E-state index contributed by atoms with van der Waals surface area (Å²) in [6.45, 7) is 1.75. The van der Waals surface area contributed by atoms with E-state index < -0.39 is 5.97 Å². The minimum Gasteiger partial charge on any atom is -0.484 e. The summed E-state index contributed by atoms with van der Waals surface area (Å²) in [6, 6.07) is 6.75. The minimum atomic E-state index is -0.443. The standard InChI is InChI=1S/C13H16ClNO4/c1-3-18-13(17)8-15(2)12(16)9-19-11-6-4-5-10(14)7-11/h4-7H,3,8-9H2,1-2H3. The molecule has 19 heavy (non-hydrogen) atoms. The Kier molecular flexibility index (Phi) is 6.15. The molecule has 0 spiro atoms. The van der Waals surface area contributed by atoms with Crippen molar-refractivity contribution in [2.75, 3.05) is 26.8 Å². The molecule has 0 saturated carbocycles. The summed E-state index contributed by atoms with van der Waals surface area (Å²) in [6.07, 6.45) is 0. The van der Waals surface area contributed by atoms with Gasteiger partial charge in [0.05, 0.1) is 6.61 Å². The molecule has 104 valence electrons. The van der Waals surface area contributed by atoms with Crippen molar-refractivity contribution >= 4 is 23.5 Å². The summed E-state index contributed by atoms with van der Waals surface area (Å²) in [5, 5.41) is 0.532. The maximum Gasteiger partial charge on any atom is 0.325 e. The Bertz CT molecular complexity index is 450. The van der Waals surface area contributed by atoms with Gasteiger partial charge in [0.25, 0.3) is 5.91 Å². The second kappa shape index (κ2) is 7.63. The Hall–Kier alpha value is -1.75. The Morgan fingerprint density at radius 3 is 2.74 bits per heavy atom. The van der Waals surface area contributed by atoms with Crippen LogP contribution >= 0.6 is 11.6 Å². The molecular formula is C13H16ClNO4. The first kappa shape index (κ1) is 15.3. The normalized spacial score (nSPS) is 9.84. The lowest BCUT2D eigenvalue weighted by Crippen LogP contribution is -2.36. The average molecular weight is 286 g/mol. The molecule has 0 radical (unpaired) electrons.